The van der Waals surface area contributed by atoms with Gasteiger partial charge < -0.3 is 0 Å². The third-order valence-electron chi connectivity index (χ3n) is 6.59. The van der Waals surface area contributed by atoms with Crippen LogP contribution < -0.4 is 0 Å². The van der Waals surface area contributed by atoms with Crippen molar-refractivity contribution in [1.29, 1.82) is 0 Å². The van der Waals surface area contributed by atoms with Crippen LogP contribution in [0.25, 0.3) is 0 Å². The van der Waals surface area contributed by atoms with Gasteiger partial charge in [-0.2, -0.15) is 0 Å². The van der Waals surface area contributed by atoms with E-state index in [9.17, 15) is 19.2 Å². The van der Waals surface area contributed by atoms with Gasteiger partial charge in [-0.15, -0.1) is 0 Å². The van der Waals surface area contributed by atoms with E-state index in [0.29, 0.717) is 11.1 Å². The molecule has 0 atom stereocenters. The number of hydrogen-bond acceptors (Lipinski definition) is 6. The van der Waals surface area contributed by atoms with Gasteiger partial charge in [-0.05, 0) is 69.2 Å². The summed E-state index contributed by atoms with van der Waals surface area (Å²) in [4.78, 5) is 54.4. The van der Waals surface area contributed by atoms with Gasteiger partial charge >= 0.3 is 0 Å². The van der Waals surface area contributed by atoms with Crippen LogP contribution in [-0.4, -0.2) is 33.1 Å². The fraction of sp³-hybridized carbons (Fsp3) is 0.421. The van der Waals surface area contributed by atoms with Crippen molar-refractivity contribution in [2.24, 2.45) is 21.7 Å². The van der Waals surface area contributed by atoms with Crippen LogP contribution in [0.2, 0.25) is 0 Å². The molecular weight excluding hydrogens is 614 g/mol. The minimum Gasteiger partial charge on any atom is -0.286 e. The molecule has 0 fully saturated rings. The number of carbonyl (C=O) groups is 4. The zero-order valence-corrected chi connectivity index (χ0v) is 32.3. The Morgan fingerprint density at radius 3 is 0.822 bits per heavy atom. The largest absolute Gasteiger partial charge is 0.286 e. The Morgan fingerprint density at radius 2 is 0.667 bits per heavy atom. The molecule has 0 aromatic carbocycles. The summed E-state index contributed by atoms with van der Waals surface area (Å²) in [7, 11) is 0. The van der Waals surface area contributed by atoms with Gasteiger partial charge in [0.05, 0.1) is 0 Å². The minimum atomic E-state index is -0.391. The maximum atomic E-state index is 11.8. The van der Waals surface area contributed by atoms with Crippen LogP contribution in [0.5, 0.6) is 0 Å². The maximum Gasteiger partial charge on any atom is 0.229 e. The first kappa shape index (κ1) is 41.6. The Morgan fingerprint density at radius 1 is 0.400 bits per heavy atom. The van der Waals surface area contributed by atoms with Gasteiger partial charge in [0.1, 0.15) is 0 Å². The molecule has 0 unspecified atom stereocenters. The molecule has 2 heterocycles. The Bertz CT molecular complexity index is 1260. The Balaban J connectivity index is 0.000000621. The number of aromatic nitrogens is 2. The van der Waals surface area contributed by atoms with E-state index in [2.05, 4.69) is 9.97 Å². The van der Waals surface area contributed by atoms with E-state index in [0.717, 1.165) is 11.1 Å². The SMILES string of the molecule is CC(C)(C)C1=CC(=O)C(=O)C(C(C)(C)C)=C1.CC(C)(C)C1=CC(=O)C(=O)C(C(C)(C)C)=C1.[Zn].c1ccncc1.c1ccncc1. The van der Waals surface area contributed by atoms with Crippen molar-refractivity contribution < 1.29 is 38.7 Å². The van der Waals surface area contributed by atoms with Gasteiger partial charge in [-0.3, -0.25) is 29.1 Å². The van der Waals surface area contributed by atoms with Crippen molar-refractivity contribution in [2.45, 2.75) is 83.1 Å². The Kier molecular flexibility index (Phi) is 16.0. The van der Waals surface area contributed by atoms with E-state index >= 15 is 0 Å². The average molecular weight is 664 g/mol. The van der Waals surface area contributed by atoms with E-state index in [1.807, 2.05) is 132 Å². The van der Waals surface area contributed by atoms with Crippen molar-refractivity contribution >= 4 is 23.1 Å². The molecule has 2 aliphatic carbocycles. The molecule has 0 saturated carbocycles. The number of Topliss-reactive ketones (excluding diaryl/α,β-unsaturated/α-hetero) is 2. The second-order valence-electron chi connectivity index (χ2n) is 14.8. The average Bonchev–Trinajstić information content (AvgIpc) is 2.92. The van der Waals surface area contributed by atoms with Crippen molar-refractivity contribution in [2.75, 3.05) is 0 Å². The monoisotopic (exact) mass is 662 g/mol. The first-order valence-corrected chi connectivity index (χ1v) is 14.8. The molecule has 0 spiro atoms. The van der Waals surface area contributed by atoms with Crippen molar-refractivity contribution in [3.63, 3.8) is 0 Å². The molecule has 238 valence electrons. The van der Waals surface area contributed by atoms with Crippen LogP contribution in [-0.2, 0) is 38.7 Å². The van der Waals surface area contributed by atoms with E-state index in [4.69, 9.17) is 0 Å². The summed E-state index contributed by atoms with van der Waals surface area (Å²) in [6.07, 6.45) is 13.7. The van der Waals surface area contributed by atoms with Gasteiger partial charge in [0.25, 0.3) is 0 Å². The summed E-state index contributed by atoms with van der Waals surface area (Å²) in [5, 5.41) is 0. The van der Waals surface area contributed by atoms with Crippen molar-refractivity contribution in [1.82, 2.24) is 9.97 Å². The van der Waals surface area contributed by atoms with Gasteiger partial charge in [0.15, 0.2) is 0 Å². The van der Waals surface area contributed by atoms with Crippen molar-refractivity contribution in [3.05, 3.63) is 108 Å². The number of ketones is 4. The van der Waals surface area contributed by atoms with Gasteiger partial charge in [-0.25, -0.2) is 0 Å². The third kappa shape index (κ3) is 14.5. The smallest absolute Gasteiger partial charge is 0.229 e. The first-order chi connectivity index (χ1) is 20.1. The fourth-order valence-electron chi connectivity index (χ4n) is 3.81. The van der Waals surface area contributed by atoms with Crippen LogP contribution in [0.3, 0.4) is 0 Å². The normalized spacial score (nSPS) is 15.2. The Labute approximate surface area is 283 Å². The summed E-state index contributed by atoms with van der Waals surface area (Å²) < 4.78 is 0. The molecule has 0 amide bonds. The van der Waals surface area contributed by atoms with Crippen LogP contribution >= 0.6 is 0 Å². The quantitative estimate of drug-likeness (QED) is 0.160. The minimum absolute atomic E-state index is 0. The zero-order valence-electron chi connectivity index (χ0n) is 29.3. The number of carbonyl (C=O) groups excluding carboxylic acids is 4. The molecule has 2 aromatic heterocycles. The second-order valence-corrected chi connectivity index (χ2v) is 14.8. The summed E-state index contributed by atoms with van der Waals surface area (Å²) in [5.41, 5.74) is 2.33. The number of pyridine rings is 2. The fourth-order valence-corrected chi connectivity index (χ4v) is 3.81. The Hall–Kier alpha value is -3.44. The molecule has 0 aliphatic heterocycles. The molecule has 0 bridgehead atoms. The van der Waals surface area contributed by atoms with Crippen molar-refractivity contribution in [3.8, 4) is 0 Å². The van der Waals surface area contributed by atoms with Crippen LogP contribution in [0.1, 0.15) is 83.1 Å². The third-order valence-corrected chi connectivity index (χ3v) is 6.59. The topological polar surface area (TPSA) is 94.1 Å². The number of nitrogens with zero attached hydrogens (tertiary/aromatic N) is 2. The predicted octanol–water partition coefficient (Wildman–Crippen LogP) is 8.33. The van der Waals surface area contributed by atoms with E-state index < -0.39 is 11.6 Å². The summed E-state index contributed by atoms with van der Waals surface area (Å²) in [5.74, 6) is -1.50. The summed E-state index contributed by atoms with van der Waals surface area (Å²) in [6, 6.07) is 11.4. The van der Waals surface area contributed by atoms with Crippen LogP contribution in [0, 0.1) is 21.7 Å². The molecule has 0 N–H and O–H groups in total. The number of rotatable bonds is 0. The second kappa shape index (κ2) is 17.3. The van der Waals surface area contributed by atoms with Crippen LogP contribution in [0.4, 0.5) is 0 Å². The molecule has 45 heavy (non-hydrogen) atoms. The van der Waals surface area contributed by atoms with E-state index in [1.165, 1.54) is 12.2 Å². The number of hydrogen-bond donors (Lipinski definition) is 0. The zero-order chi connectivity index (χ0) is 33.9. The van der Waals surface area contributed by atoms with E-state index in [1.54, 1.807) is 24.8 Å². The summed E-state index contributed by atoms with van der Waals surface area (Å²) in [6.45, 7) is 24.0. The molecule has 4 rings (SSSR count). The number of allylic oxidation sites excluding steroid dienone is 8. The summed E-state index contributed by atoms with van der Waals surface area (Å²) >= 11 is 0. The standard InChI is InChI=1S/2C14H20O2.2C5H5N.Zn/c2*1-13(2,3)9-7-10(14(4,5)6)12(16)11(15)8-9;2*1-2-4-6-5-3-1;/h2*7-8H,1-6H3;2*1-5H;. The maximum absolute atomic E-state index is 11.8. The van der Waals surface area contributed by atoms with Crippen LogP contribution in [0.15, 0.2) is 108 Å². The predicted molar refractivity (Wildman–Crippen MR) is 179 cm³/mol. The molecule has 2 aromatic rings. The molecule has 6 nitrogen and oxygen atoms in total. The molecule has 0 saturated heterocycles. The van der Waals surface area contributed by atoms with E-state index in [-0.39, 0.29) is 52.7 Å². The molecule has 2 aliphatic rings. The molecule has 0 radical (unpaired) electrons. The molecular formula is C38H50N2O4Zn. The van der Waals surface area contributed by atoms with Gasteiger partial charge in [-0.1, -0.05) is 107 Å². The molecule has 7 heteroatoms. The first-order valence-electron chi connectivity index (χ1n) is 14.8. The van der Waals surface area contributed by atoms with Gasteiger partial charge in [0.2, 0.25) is 23.1 Å². The van der Waals surface area contributed by atoms with Gasteiger partial charge in [0, 0.05) is 55.4 Å².